The van der Waals surface area contributed by atoms with E-state index in [1.807, 2.05) is 0 Å². The number of piperidine rings is 1. The molecule has 0 aromatic heterocycles. The lowest BCUT2D eigenvalue weighted by Crippen LogP contribution is -2.41. The Balaban J connectivity index is 2.38. The molecule has 1 fully saturated rings. The van der Waals surface area contributed by atoms with Gasteiger partial charge in [0.1, 0.15) is 0 Å². The molecule has 5 heteroatoms. The zero-order valence-electron chi connectivity index (χ0n) is 10.4. The Hall–Kier alpha value is -0.130. The molecule has 1 aliphatic heterocycles. The highest BCUT2D eigenvalue weighted by molar-refractivity contribution is 7.92. The van der Waals surface area contributed by atoms with Gasteiger partial charge in [0.2, 0.25) is 0 Å². The van der Waals surface area contributed by atoms with Crippen molar-refractivity contribution in [1.82, 2.24) is 4.90 Å². The van der Waals surface area contributed by atoms with E-state index in [1.54, 1.807) is 13.8 Å². The molecule has 96 valence electrons. The molecule has 1 saturated heterocycles. The summed E-state index contributed by atoms with van der Waals surface area (Å²) >= 11 is 0. The molecular formula is C11H24N2O2S. The maximum Gasteiger partial charge on any atom is 0.153 e. The van der Waals surface area contributed by atoms with Crippen LogP contribution in [0.25, 0.3) is 0 Å². The first-order valence-corrected chi connectivity index (χ1v) is 7.81. The molecule has 4 nitrogen and oxygen atoms in total. The number of sulfone groups is 1. The molecule has 1 rings (SSSR count). The van der Waals surface area contributed by atoms with Gasteiger partial charge in [-0.15, -0.1) is 0 Å². The van der Waals surface area contributed by atoms with E-state index < -0.39 is 9.84 Å². The Morgan fingerprint density at radius 1 is 1.44 bits per heavy atom. The van der Waals surface area contributed by atoms with Gasteiger partial charge in [-0.3, -0.25) is 0 Å². The van der Waals surface area contributed by atoms with Crippen molar-refractivity contribution < 1.29 is 8.42 Å². The summed E-state index contributed by atoms with van der Waals surface area (Å²) in [7, 11) is -2.89. The van der Waals surface area contributed by atoms with Crippen LogP contribution in [0.2, 0.25) is 0 Å². The minimum absolute atomic E-state index is 0.261. The Morgan fingerprint density at radius 3 is 2.69 bits per heavy atom. The summed E-state index contributed by atoms with van der Waals surface area (Å²) in [4.78, 5) is 2.24. The molecule has 0 saturated carbocycles. The molecule has 1 heterocycles. The molecule has 0 spiro atoms. The summed E-state index contributed by atoms with van der Waals surface area (Å²) in [6, 6.07) is 0. The number of nitrogens with zero attached hydrogens (tertiary/aromatic N) is 1. The number of hydrogen-bond donors (Lipinski definition) is 1. The van der Waals surface area contributed by atoms with Crippen molar-refractivity contribution in [2.24, 2.45) is 11.7 Å². The number of hydrogen-bond acceptors (Lipinski definition) is 4. The minimum atomic E-state index is -2.89. The van der Waals surface area contributed by atoms with E-state index in [4.69, 9.17) is 5.73 Å². The lowest BCUT2D eigenvalue weighted by Gasteiger charge is -2.32. The molecule has 0 aromatic rings. The lowest BCUT2D eigenvalue weighted by atomic mass is 9.98. The average Bonchev–Trinajstić information content (AvgIpc) is 2.26. The zero-order valence-corrected chi connectivity index (χ0v) is 11.2. The van der Waals surface area contributed by atoms with Gasteiger partial charge in [-0.25, -0.2) is 8.42 Å². The van der Waals surface area contributed by atoms with Crippen molar-refractivity contribution >= 4 is 9.84 Å². The average molecular weight is 248 g/mol. The molecule has 16 heavy (non-hydrogen) atoms. The van der Waals surface area contributed by atoms with Crippen molar-refractivity contribution in [3.05, 3.63) is 0 Å². The van der Waals surface area contributed by atoms with Crippen LogP contribution in [0.4, 0.5) is 0 Å². The second kappa shape index (κ2) is 5.98. The zero-order chi connectivity index (χ0) is 12.2. The van der Waals surface area contributed by atoms with E-state index in [1.165, 1.54) is 6.42 Å². The normalized spacial score (nSPS) is 23.9. The Bertz CT molecular complexity index is 301. The predicted octanol–water partition coefficient (Wildman–Crippen LogP) is 0.480. The van der Waals surface area contributed by atoms with Crippen LogP contribution in [0.3, 0.4) is 0 Å². The Labute approximate surface area is 99.1 Å². The smallest absolute Gasteiger partial charge is 0.153 e. The monoisotopic (exact) mass is 248 g/mol. The first kappa shape index (κ1) is 13.9. The molecule has 2 N–H and O–H groups in total. The molecule has 0 aliphatic carbocycles. The summed E-state index contributed by atoms with van der Waals surface area (Å²) < 4.78 is 23.3. The van der Waals surface area contributed by atoms with Crippen LogP contribution in [0.15, 0.2) is 0 Å². The van der Waals surface area contributed by atoms with Crippen LogP contribution in [0.1, 0.15) is 26.7 Å². The summed E-state index contributed by atoms with van der Waals surface area (Å²) in [5.41, 5.74) is 5.65. The number of likely N-dealkylation sites (tertiary alicyclic amines) is 1. The minimum Gasteiger partial charge on any atom is -0.330 e. The molecule has 0 radical (unpaired) electrons. The van der Waals surface area contributed by atoms with Crippen molar-refractivity contribution in [3.63, 3.8) is 0 Å². The highest BCUT2D eigenvalue weighted by Crippen LogP contribution is 2.15. The van der Waals surface area contributed by atoms with Crippen LogP contribution in [-0.2, 0) is 9.84 Å². The van der Waals surface area contributed by atoms with Crippen molar-refractivity contribution in [2.75, 3.05) is 31.9 Å². The van der Waals surface area contributed by atoms with Gasteiger partial charge in [-0.1, -0.05) is 0 Å². The van der Waals surface area contributed by atoms with Crippen molar-refractivity contribution in [1.29, 1.82) is 0 Å². The van der Waals surface area contributed by atoms with E-state index in [-0.39, 0.29) is 11.0 Å². The molecule has 1 unspecified atom stereocenters. The summed E-state index contributed by atoms with van der Waals surface area (Å²) in [5, 5.41) is -0.261. The Kier molecular flexibility index (Phi) is 5.21. The van der Waals surface area contributed by atoms with Crippen LogP contribution in [0, 0.1) is 5.92 Å². The van der Waals surface area contributed by atoms with E-state index >= 15 is 0 Å². The third-order valence-corrected chi connectivity index (χ3v) is 5.53. The van der Waals surface area contributed by atoms with E-state index in [2.05, 4.69) is 4.90 Å². The van der Waals surface area contributed by atoms with E-state index in [0.29, 0.717) is 19.0 Å². The topological polar surface area (TPSA) is 63.4 Å². The molecule has 0 aromatic carbocycles. The highest BCUT2D eigenvalue weighted by Gasteiger charge is 2.22. The summed E-state index contributed by atoms with van der Waals surface area (Å²) in [5.74, 6) is 0.831. The van der Waals surface area contributed by atoms with Crippen molar-refractivity contribution in [2.45, 2.75) is 31.9 Å². The molecule has 1 atom stereocenters. The first-order chi connectivity index (χ1) is 7.45. The van der Waals surface area contributed by atoms with Gasteiger partial charge in [0.05, 0.1) is 11.0 Å². The Morgan fingerprint density at radius 2 is 2.12 bits per heavy atom. The molecular weight excluding hydrogens is 224 g/mol. The van der Waals surface area contributed by atoms with Gasteiger partial charge < -0.3 is 10.6 Å². The standard InChI is InChI=1S/C11H24N2O2S/c1-10(2)16(14,15)7-6-13-5-3-4-11(8-12)9-13/h10-11H,3-9,12H2,1-2H3. The molecule has 0 bridgehead atoms. The second-order valence-corrected chi connectivity index (χ2v) is 7.64. The first-order valence-electron chi connectivity index (χ1n) is 6.09. The van der Waals surface area contributed by atoms with Crippen molar-refractivity contribution in [3.8, 4) is 0 Å². The van der Waals surface area contributed by atoms with Gasteiger partial charge in [0.15, 0.2) is 9.84 Å². The molecule has 0 amide bonds. The lowest BCUT2D eigenvalue weighted by molar-refractivity contribution is 0.187. The second-order valence-electron chi connectivity index (χ2n) is 4.96. The fourth-order valence-corrected chi connectivity index (χ4v) is 3.02. The third kappa shape index (κ3) is 4.03. The van der Waals surface area contributed by atoms with E-state index in [0.717, 1.165) is 19.5 Å². The van der Waals surface area contributed by atoms with E-state index in [9.17, 15) is 8.42 Å². The quantitative estimate of drug-likeness (QED) is 0.768. The summed E-state index contributed by atoms with van der Waals surface area (Å²) in [6.45, 7) is 6.85. The van der Waals surface area contributed by atoms with Gasteiger partial charge in [0.25, 0.3) is 0 Å². The van der Waals surface area contributed by atoms with Gasteiger partial charge in [-0.2, -0.15) is 0 Å². The number of nitrogens with two attached hydrogens (primary N) is 1. The molecule has 1 aliphatic rings. The largest absolute Gasteiger partial charge is 0.330 e. The van der Waals surface area contributed by atoms with Gasteiger partial charge in [-0.05, 0) is 45.7 Å². The summed E-state index contributed by atoms with van der Waals surface area (Å²) in [6.07, 6.45) is 2.33. The number of rotatable bonds is 5. The fourth-order valence-electron chi connectivity index (χ4n) is 2.04. The van der Waals surface area contributed by atoms with Gasteiger partial charge >= 0.3 is 0 Å². The van der Waals surface area contributed by atoms with Crippen LogP contribution in [0.5, 0.6) is 0 Å². The van der Waals surface area contributed by atoms with Gasteiger partial charge in [0, 0.05) is 13.1 Å². The maximum absolute atomic E-state index is 11.7. The maximum atomic E-state index is 11.7. The van der Waals surface area contributed by atoms with Crippen LogP contribution < -0.4 is 5.73 Å². The van der Waals surface area contributed by atoms with Crippen LogP contribution >= 0.6 is 0 Å². The fraction of sp³-hybridized carbons (Fsp3) is 1.00. The SMILES string of the molecule is CC(C)S(=O)(=O)CCN1CCCC(CN)C1. The third-order valence-electron chi connectivity index (χ3n) is 3.35. The highest BCUT2D eigenvalue weighted by atomic mass is 32.2. The van der Waals surface area contributed by atoms with Crippen LogP contribution in [-0.4, -0.2) is 50.5 Å². The predicted molar refractivity (Wildman–Crippen MR) is 67.1 cm³/mol.